The molecule has 1 heterocycles. The van der Waals surface area contributed by atoms with Crippen molar-refractivity contribution in [2.75, 3.05) is 5.32 Å². The van der Waals surface area contributed by atoms with Crippen LogP contribution in [-0.4, -0.2) is 14.2 Å². The van der Waals surface area contributed by atoms with Crippen molar-refractivity contribution in [1.29, 1.82) is 0 Å². The van der Waals surface area contributed by atoms with Crippen LogP contribution in [0.2, 0.25) is 0 Å². The Morgan fingerprint density at radius 3 is 2.55 bits per heavy atom. The van der Waals surface area contributed by atoms with Crippen LogP contribution in [0.4, 0.5) is 14.5 Å². The maximum Gasteiger partial charge on any atom is 0.341 e. The Kier molecular flexibility index (Phi) is 4.77. The van der Waals surface area contributed by atoms with Crippen LogP contribution in [0.3, 0.4) is 0 Å². The van der Waals surface area contributed by atoms with Crippen molar-refractivity contribution in [2.45, 2.75) is 17.2 Å². The summed E-state index contributed by atoms with van der Waals surface area (Å²) in [7, 11) is -4.61. The highest BCUT2D eigenvalue weighted by molar-refractivity contribution is 9.10. The lowest BCUT2D eigenvalue weighted by atomic mass is 10.3. The second kappa shape index (κ2) is 6.19. The zero-order valence-electron chi connectivity index (χ0n) is 10.0. The summed E-state index contributed by atoms with van der Waals surface area (Å²) in [6.07, 6.45) is 0. The second-order valence-corrected chi connectivity index (χ2v) is 7.59. The monoisotopic (exact) mass is 381 g/mol. The van der Waals surface area contributed by atoms with Crippen molar-refractivity contribution in [1.82, 2.24) is 0 Å². The number of hydrogen-bond donors (Lipinski definition) is 1. The van der Waals surface area contributed by atoms with Crippen LogP contribution in [0, 0.1) is 0 Å². The zero-order chi connectivity index (χ0) is 14.8. The number of halogens is 3. The Morgan fingerprint density at radius 1 is 1.25 bits per heavy atom. The van der Waals surface area contributed by atoms with Crippen LogP contribution in [0.25, 0.3) is 0 Å². The van der Waals surface area contributed by atoms with Gasteiger partial charge in [-0.1, -0.05) is 12.1 Å². The van der Waals surface area contributed by atoms with E-state index in [0.717, 1.165) is 9.35 Å². The molecule has 0 aliphatic rings. The predicted molar refractivity (Wildman–Crippen MR) is 79.0 cm³/mol. The minimum absolute atomic E-state index is 0.174. The van der Waals surface area contributed by atoms with Crippen molar-refractivity contribution < 1.29 is 17.2 Å². The van der Waals surface area contributed by atoms with Crippen LogP contribution in [-0.2, 0) is 16.4 Å². The largest absolute Gasteiger partial charge is 0.379 e. The first kappa shape index (κ1) is 15.4. The molecule has 0 amide bonds. The van der Waals surface area contributed by atoms with E-state index < -0.39 is 15.6 Å². The van der Waals surface area contributed by atoms with Gasteiger partial charge in [0.05, 0.1) is 17.1 Å². The summed E-state index contributed by atoms with van der Waals surface area (Å²) in [5.74, 6) is -3.43. The van der Waals surface area contributed by atoms with E-state index in [1.807, 2.05) is 11.4 Å². The highest BCUT2D eigenvalue weighted by atomic mass is 79.9. The molecular weight excluding hydrogens is 372 g/mol. The Bertz CT molecular complexity index is 701. The van der Waals surface area contributed by atoms with Crippen LogP contribution in [0.1, 0.15) is 4.88 Å². The van der Waals surface area contributed by atoms with E-state index in [9.17, 15) is 17.2 Å². The average molecular weight is 382 g/mol. The van der Waals surface area contributed by atoms with Crippen molar-refractivity contribution >= 4 is 42.8 Å². The number of rotatable bonds is 5. The summed E-state index contributed by atoms with van der Waals surface area (Å²) in [4.78, 5) is 0.567. The van der Waals surface area contributed by atoms with Gasteiger partial charge in [0.1, 0.15) is 0 Å². The maximum atomic E-state index is 12.6. The minimum atomic E-state index is -4.61. The van der Waals surface area contributed by atoms with Crippen molar-refractivity contribution in [2.24, 2.45) is 0 Å². The van der Waals surface area contributed by atoms with Gasteiger partial charge in [0.25, 0.3) is 0 Å². The molecule has 1 N–H and O–H groups in total. The van der Waals surface area contributed by atoms with Gasteiger partial charge in [-0.2, -0.15) is 8.78 Å². The number of alkyl halides is 2. The number of para-hydroxylation sites is 1. The lowest BCUT2D eigenvalue weighted by Crippen LogP contribution is -2.14. The highest BCUT2D eigenvalue weighted by Crippen LogP contribution is 2.28. The topological polar surface area (TPSA) is 46.2 Å². The molecule has 108 valence electrons. The molecule has 1 aromatic carbocycles. The number of thiophene rings is 1. The number of nitrogens with one attached hydrogen (secondary N) is 1. The Hall–Kier alpha value is -0.990. The lowest BCUT2D eigenvalue weighted by Gasteiger charge is -2.11. The van der Waals surface area contributed by atoms with Gasteiger partial charge in [0.15, 0.2) is 0 Å². The fourth-order valence-corrected chi connectivity index (χ4v) is 3.92. The minimum Gasteiger partial charge on any atom is -0.379 e. The van der Waals surface area contributed by atoms with Gasteiger partial charge in [-0.05, 0) is 39.5 Å². The first-order chi connectivity index (χ1) is 9.43. The van der Waals surface area contributed by atoms with Crippen LogP contribution in [0.15, 0.2) is 45.1 Å². The van der Waals surface area contributed by atoms with Gasteiger partial charge in [-0.15, -0.1) is 11.3 Å². The van der Waals surface area contributed by atoms with Crippen molar-refractivity contribution in [3.8, 4) is 0 Å². The van der Waals surface area contributed by atoms with Gasteiger partial charge in [0.2, 0.25) is 9.84 Å². The highest BCUT2D eigenvalue weighted by Gasteiger charge is 2.28. The van der Waals surface area contributed by atoms with Crippen LogP contribution >= 0.6 is 27.3 Å². The van der Waals surface area contributed by atoms with Gasteiger partial charge in [-0.25, -0.2) is 8.42 Å². The number of benzene rings is 1. The molecule has 8 heteroatoms. The lowest BCUT2D eigenvalue weighted by molar-refractivity contribution is 0.235. The molecule has 0 aliphatic carbocycles. The third kappa shape index (κ3) is 3.18. The summed E-state index contributed by atoms with van der Waals surface area (Å²) in [5, 5.41) is 4.76. The number of anilines is 1. The molecule has 0 radical (unpaired) electrons. The maximum absolute atomic E-state index is 12.6. The first-order valence-corrected chi connectivity index (χ1v) is 8.71. The first-order valence-electron chi connectivity index (χ1n) is 5.49. The van der Waals surface area contributed by atoms with Crippen molar-refractivity contribution in [3.05, 3.63) is 45.1 Å². The Morgan fingerprint density at radius 2 is 1.95 bits per heavy atom. The van der Waals surface area contributed by atoms with Crippen molar-refractivity contribution in [3.63, 3.8) is 0 Å². The van der Waals surface area contributed by atoms with E-state index in [4.69, 9.17) is 0 Å². The van der Waals surface area contributed by atoms with E-state index >= 15 is 0 Å². The van der Waals surface area contributed by atoms with Gasteiger partial charge in [-0.3, -0.25) is 0 Å². The van der Waals surface area contributed by atoms with E-state index in [1.54, 1.807) is 6.07 Å². The third-order valence-electron chi connectivity index (χ3n) is 2.56. The molecule has 3 nitrogen and oxygen atoms in total. The summed E-state index contributed by atoms with van der Waals surface area (Å²) < 4.78 is 49.3. The summed E-state index contributed by atoms with van der Waals surface area (Å²) in [6.45, 7) is 0.355. The van der Waals surface area contributed by atoms with E-state index in [2.05, 4.69) is 21.2 Å². The molecule has 0 atom stereocenters. The van der Waals surface area contributed by atoms with Gasteiger partial charge >= 0.3 is 5.76 Å². The molecule has 2 aromatic rings. The molecule has 20 heavy (non-hydrogen) atoms. The molecule has 0 aliphatic heterocycles. The molecule has 0 saturated heterocycles. The molecule has 0 saturated carbocycles. The fraction of sp³-hybridized carbons (Fsp3) is 0.167. The zero-order valence-corrected chi connectivity index (χ0v) is 13.2. The molecular formula is C12H10BrF2NO2S2. The summed E-state index contributed by atoms with van der Waals surface area (Å²) >= 11 is 4.83. The van der Waals surface area contributed by atoms with E-state index in [1.165, 1.54) is 29.5 Å². The normalized spacial score (nSPS) is 11.8. The second-order valence-electron chi connectivity index (χ2n) is 3.85. The number of sulfone groups is 1. The average Bonchev–Trinajstić information content (AvgIpc) is 2.82. The molecule has 2 rings (SSSR count). The summed E-state index contributed by atoms with van der Waals surface area (Å²) in [6, 6.07) is 7.52. The fourth-order valence-electron chi connectivity index (χ4n) is 1.58. The molecule has 1 aromatic heterocycles. The molecule has 0 bridgehead atoms. The third-order valence-corrected chi connectivity index (χ3v) is 5.92. The predicted octanol–water partition coefficient (Wildman–Crippen LogP) is 4.12. The Balaban J connectivity index is 2.28. The van der Waals surface area contributed by atoms with Crippen LogP contribution < -0.4 is 5.32 Å². The van der Waals surface area contributed by atoms with Gasteiger partial charge < -0.3 is 5.32 Å². The number of hydrogen-bond acceptors (Lipinski definition) is 4. The summed E-state index contributed by atoms with van der Waals surface area (Å²) in [5.41, 5.74) is 0.174. The molecule has 0 fully saturated rings. The Labute approximate surface area is 127 Å². The SMILES string of the molecule is O=S(=O)(c1ccccc1NCc1sccc1Br)C(F)F. The van der Waals surface area contributed by atoms with E-state index in [0.29, 0.717) is 6.54 Å². The smallest absolute Gasteiger partial charge is 0.341 e. The van der Waals surface area contributed by atoms with E-state index in [-0.39, 0.29) is 10.6 Å². The standard InChI is InChI=1S/C12H10BrF2NO2S2/c13-8-5-6-19-10(8)7-16-9-3-1-2-4-11(9)20(17,18)12(14)15/h1-6,12,16H,7H2. The quantitative estimate of drug-likeness (QED) is 0.846. The molecule has 0 spiro atoms. The van der Waals surface area contributed by atoms with Gasteiger partial charge in [0, 0.05) is 9.35 Å². The van der Waals surface area contributed by atoms with Crippen LogP contribution in [0.5, 0.6) is 0 Å². The molecule has 0 unspecified atom stereocenters.